The maximum Gasteiger partial charge on any atom is 0.220 e. The van der Waals surface area contributed by atoms with E-state index >= 15 is 0 Å². The van der Waals surface area contributed by atoms with E-state index in [1.54, 1.807) is 6.08 Å². The van der Waals surface area contributed by atoms with Gasteiger partial charge in [0.05, 0.1) is 25.4 Å². The van der Waals surface area contributed by atoms with Gasteiger partial charge in [-0.25, -0.2) is 0 Å². The number of nitrogens with one attached hydrogen (secondary N) is 1. The Hall–Kier alpha value is -1.59. The molecule has 0 aromatic rings. The Morgan fingerprint density at radius 3 is 1.56 bits per heavy atom. The van der Waals surface area contributed by atoms with Gasteiger partial charge in [0.2, 0.25) is 5.91 Å². The number of aliphatic hydroxyl groups is 5. The lowest BCUT2D eigenvalue weighted by molar-refractivity contribution is -0.302. The van der Waals surface area contributed by atoms with Crippen LogP contribution in [0.25, 0.3) is 0 Å². The minimum absolute atomic E-state index is 0.199. The molecule has 9 nitrogen and oxygen atoms in total. The van der Waals surface area contributed by atoms with Crippen molar-refractivity contribution in [2.24, 2.45) is 0 Å². The molecule has 1 rings (SSSR count). The summed E-state index contributed by atoms with van der Waals surface area (Å²) < 4.78 is 11.1. The van der Waals surface area contributed by atoms with E-state index in [1.165, 1.54) is 122 Å². The first-order valence-electron chi connectivity index (χ1n) is 22.2. The Balaban J connectivity index is 2.30. The standard InChI is InChI=1S/C45H83NO8/c1-3-5-7-9-11-12-13-14-15-16-17-18-19-20-21-22-23-24-25-26-27-29-30-32-34-39(48)38(46-41(49)35-33-31-28-10-8-6-4-2)37-53-45-44(52)43(51)42(50)40(36-47)54-45/h22-23,26-27,32,34,38-40,42-45,47-48,50-52H,3-21,24-25,28-31,33,35-37H2,1-2H3,(H,46,49)/b23-22+,27-26+,34-32+. The summed E-state index contributed by atoms with van der Waals surface area (Å²) in [4.78, 5) is 12.8. The van der Waals surface area contributed by atoms with E-state index in [-0.39, 0.29) is 12.5 Å². The van der Waals surface area contributed by atoms with Crippen molar-refractivity contribution >= 4 is 5.91 Å². The first-order chi connectivity index (χ1) is 26.3. The molecule has 6 N–H and O–H groups in total. The topological polar surface area (TPSA) is 149 Å². The van der Waals surface area contributed by atoms with Crippen molar-refractivity contribution in [3.05, 3.63) is 36.5 Å². The smallest absolute Gasteiger partial charge is 0.220 e. The zero-order valence-electron chi connectivity index (χ0n) is 34.5. The van der Waals surface area contributed by atoms with Crippen molar-refractivity contribution < 1.29 is 39.8 Å². The van der Waals surface area contributed by atoms with Crippen LogP contribution in [0.4, 0.5) is 0 Å². The Kier molecular flexibility index (Phi) is 33.4. The molecular formula is C45H83NO8. The number of ether oxygens (including phenoxy) is 2. The average Bonchev–Trinajstić information content (AvgIpc) is 3.17. The number of allylic oxidation sites excluding steroid dienone is 5. The van der Waals surface area contributed by atoms with Crippen LogP contribution in [0.5, 0.6) is 0 Å². The van der Waals surface area contributed by atoms with Gasteiger partial charge in [-0.15, -0.1) is 0 Å². The summed E-state index contributed by atoms with van der Waals surface area (Å²) in [6.45, 7) is 3.69. The molecule has 7 unspecified atom stereocenters. The van der Waals surface area contributed by atoms with Crippen LogP contribution < -0.4 is 5.32 Å². The van der Waals surface area contributed by atoms with Gasteiger partial charge in [-0.1, -0.05) is 172 Å². The number of carbonyl (C=O) groups excluding carboxylic acids is 1. The first-order valence-corrected chi connectivity index (χ1v) is 22.2. The Morgan fingerprint density at radius 1 is 0.611 bits per heavy atom. The molecule has 0 saturated carbocycles. The molecule has 0 aromatic heterocycles. The fourth-order valence-corrected chi connectivity index (χ4v) is 6.83. The zero-order valence-corrected chi connectivity index (χ0v) is 34.5. The minimum Gasteiger partial charge on any atom is -0.394 e. The fraction of sp³-hybridized carbons (Fsp3) is 0.844. The van der Waals surface area contributed by atoms with E-state index in [4.69, 9.17) is 9.47 Å². The van der Waals surface area contributed by atoms with Crippen LogP contribution >= 0.6 is 0 Å². The molecule has 54 heavy (non-hydrogen) atoms. The molecule has 7 atom stereocenters. The monoisotopic (exact) mass is 766 g/mol. The van der Waals surface area contributed by atoms with Crippen LogP contribution in [0.15, 0.2) is 36.5 Å². The number of amides is 1. The van der Waals surface area contributed by atoms with Crippen molar-refractivity contribution in [1.29, 1.82) is 0 Å². The summed E-state index contributed by atoms with van der Waals surface area (Å²) in [5, 5.41) is 53.9. The van der Waals surface area contributed by atoms with Crippen molar-refractivity contribution in [2.45, 2.75) is 230 Å². The molecule has 316 valence electrons. The number of rotatable bonds is 36. The molecule has 1 amide bonds. The van der Waals surface area contributed by atoms with Crippen LogP contribution in [0.1, 0.15) is 187 Å². The lowest BCUT2D eigenvalue weighted by Gasteiger charge is -2.40. The van der Waals surface area contributed by atoms with E-state index in [9.17, 15) is 30.3 Å². The average molecular weight is 766 g/mol. The zero-order chi connectivity index (χ0) is 39.5. The van der Waals surface area contributed by atoms with Gasteiger partial charge in [0, 0.05) is 6.42 Å². The summed E-state index contributed by atoms with van der Waals surface area (Å²) in [6, 6.07) is -0.822. The summed E-state index contributed by atoms with van der Waals surface area (Å²) in [7, 11) is 0. The lowest BCUT2D eigenvalue weighted by Crippen LogP contribution is -2.60. The molecule has 0 bridgehead atoms. The fourth-order valence-electron chi connectivity index (χ4n) is 6.83. The highest BCUT2D eigenvalue weighted by Crippen LogP contribution is 2.22. The number of hydrogen-bond donors (Lipinski definition) is 6. The van der Waals surface area contributed by atoms with E-state index in [0.717, 1.165) is 44.9 Å². The van der Waals surface area contributed by atoms with Crippen molar-refractivity contribution in [3.8, 4) is 0 Å². The number of hydrogen-bond acceptors (Lipinski definition) is 8. The Morgan fingerprint density at radius 2 is 1.06 bits per heavy atom. The second-order valence-electron chi connectivity index (χ2n) is 15.5. The summed E-state index contributed by atoms with van der Waals surface area (Å²) in [5.41, 5.74) is 0. The van der Waals surface area contributed by atoms with Gasteiger partial charge in [0.15, 0.2) is 6.29 Å². The van der Waals surface area contributed by atoms with Gasteiger partial charge in [0.1, 0.15) is 24.4 Å². The minimum atomic E-state index is -1.57. The number of aliphatic hydroxyl groups excluding tert-OH is 5. The van der Waals surface area contributed by atoms with Gasteiger partial charge in [0.25, 0.3) is 0 Å². The molecular weight excluding hydrogens is 682 g/mol. The molecule has 1 aliphatic heterocycles. The quantitative estimate of drug-likeness (QED) is 0.0274. The van der Waals surface area contributed by atoms with Crippen molar-refractivity contribution in [1.82, 2.24) is 5.32 Å². The van der Waals surface area contributed by atoms with Gasteiger partial charge in [-0.3, -0.25) is 4.79 Å². The van der Waals surface area contributed by atoms with E-state index < -0.39 is 49.5 Å². The van der Waals surface area contributed by atoms with Crippen LogP contribution in [0, 0.1) is 0 Å². The van der Waals surface area contributed by atoms with E-state index in [2.05, 4.69) is 43.5 Å². The highest BCUT2D eigenvalue weighted by molar-refractivity contribution is 5.76. The molecule has 1 aliphatic rings. The number of unbranched alkanes of at least 4 members (excludes halogenated alkanes) is 22. The SMILES string of the molecule is CCCCCCCCCCCCCCCC/C=C/CC/C=C/CC/C=C/C(O)C(COC1OC(CO)C(O)C(O)C1O)NC(=O)CCCCCCCCC. The van der Waals surface area contributed by atoms with E-state index in [1.807, 2.05) is 6.08 Å². The van der Waals surface area contributed by atoms with Gasteiger partial charge >= 0.3 is 0 Å². The Labute approximate surface area is 330 Å². The maximum atomic E-state index is 12.8. The van der Waals surface area contributed by atoms with Crippen molar-refractivity contribution in [2.75, 3.05) is 13.2 Å². The third-order valence-corrected chi connectivity index (χ3v) is 10.4. The molecule has 1 saturated heterocycles. The van der Waals surface area contributed by atoms with Crippen LogP contribution in [-0.2, 0) is 14.3 Å². The van der Waals surface area contributed by atoms with Gasteiger partial charge in [-0.05, 0) is 44.9 Å². The highest BCUT2D eigenvalue weighted by atomic mass is 16.7. The molecule has 0 aliphatic carbocycles. The molecule has 0 aromatic carbocycles. The summed E-state index contributed by atoms with van der Waals surface area (Å²) >= 11 is 0. The second kappa shape index (κ2) is 35.8. The molecule has 9 heteroatoms. The summed E-state index contributed by atoms with van der Waals surface area (Å²) in [6.07, 6.45) is 36.6. The van der Waals surface area contributed by atoms with Gasteiger partial charge < -0.3 is 40.3 Å². The van der Waals surface area contributed by atoms with E-state index in [0.29, 0.717) is 6.42 Å². The largest absolute Gasteiger partial charge is 0.394 e. The Bertz CT molecular complexity index is 941. The van der Waals surface area contributed by atoms with Crippen molar-refractivity contribution in [3.63, 3.8) is 0 Å². The molecule has 0 spiro atoms. The molecule has 1 fully saturated rings. The predicted octanol–water partition coefficient (Wildman–Crippen LogP) is 8.89. The number of carbonyl (C=O) groups is 1. The van der Waals surface area contributed by atoms with Crippen LogP contribution in [0.2, 0.25) is 0 Å². The third kappa shape index (κ3) is 26.3. The van der Waals surface area contributed by atoms with Crippen LogP contribution in [0.3, 0.4) is 0 Å². The third-order valence-electron chi connectivity index (χ3n) is 10.4. The van der Waals surface area contributed by atoms with Crippen LogP contribution in [-0.4, -0.2) is 87.5 Å². The highest BCUT2D eigenvalue weighted by Gasteiger charge is 2.44. The lowest BCUT2D eigenvalue weighted by atomic mass is 9.99. The first kappa shape index (κ1) is 50.4. The maximum absolute atomic E-state index is 12.8. The summed E-state index contributed by atoms with van der Waals surface area (Å²) in [5.74, 6) is -0.199. The second-order valence-corrected chi connectivity index (χ2v) is 15.5. The molecule has 1 heterocycles. The normalized spacial score (nSPS) is 21.8. The van der Waals surface area contributed by atoms with Gasteiger partial charge in [-0.2, -0.15) is 0 Å². The molecule has 0 radical (unpaired) electrons. The predicted molar refractivity (Wildman–Crippen MR) is 221 cm³/mol.